The van der Waals surface area contributed by atoms with Crippen LogP contribution in [0.25, 0.3) is 0 Å². The van der Waals surface area contributed by atoms with Gasteiger partial charge in [0.1, 0.15) is 0 Å². The van der Waals surface area contributed by atoms with Gasteiger partial charge in [0, 0.05) is 0 Å². The maximum Gasteiger partial charge on any atom is 0.0790 e. The number of aliphatic hydroxyl groups is 1. The average Bonchev–Trinajstić information content (AvgIpc) is 2.19. The molecule has 3 N–H and O–H groups in total. The molecule has 0 aliphatic carbocycles. The van der Waals surface area contributed by atoms with Crippen molar-refractivity contribution < 1.29 is 5.11 Å². The van der Waals surface area contributed by atoms with Crippen molar-refractivity contribution in [3.05, 3.63) is 35.9 Å². The summed E-state index contributed by atoms with van der Waals surface area (Å²) in [5.41, 5.74) is 6.37. The predicted octanol–water partition coefficient (Wildman–Crippen LogP) is 1.85. The van der Waals surface area contributed by atoms with Crippen LogP contribution in [-0.2, 0) is 0 Å². The van der Waals surface area contributed by atoms with E-state index in [0.29, 0.717) is 6.54 Å². The zero-order valence-corrected chi connectivity index (χ0v) is 7.82. The fraction of sp³-hybridized carbons (Fsp3) is 0.455. The quantitative estimate of drug-likeness (QED) is 0.677. The van der Waals surface area contributed by atoms with Crippen LogP contribution in [0.2, 0.25) is 0 Å². The first-order valence-electron chi connectivity index (χ1n) is 4.77. The van der Waals surface area contributed by atoms with Crippen molar-refractivity contribution >= 4 is 0 Å². The molecule has 0 aliphatic heterocycles. The van der Waals surface area contributed by atoms with Gasteiger partial charge in [-0.1, -0.05) is 30.3 Å². The van der Waals surface area contributed by atoms with Crippen LogP contribution in [0.1, 0.15) is 30.9 Å². The average molecular weight is 179 g/mol. The molecule has 0 aliphatic rings. The van der Waals surface area contributed by atoms with E-state index in [1.165, 1.54) is 0 Å². The highest BCUT2D eigenvalue weighted by Crippen LogP contribution is 2.17. The first kappa shape index (κ1) is 10.2. The number of benzene rings is 1. The van der Waals surface area contributed by atoms with Crippen LogP contribution in [0.3, 0.4) is 0 Å². The Balaban J connectivity index is 2.35. The molecule has 0 radical (unpaired) electrons. The van der Waals surface area contributed by atoms with Crippen molar-refractivity contribution in [1.82, 2.24) is 0 Å². The van der Waals surface area contributed by atoms with E-state index < -0.39 is 0 Å². The number of aliphatic hydroxyl groups excluding tert-OH is 1. The van der Waals surface area contributed by atoms with Crippen molar-refractivity contribution in [1.29, 1.82) is 0 Å². The van der Waals surface area contributed by atoms with Gasteiger partial charge in [-0.25, -0.2) is 0 Å². The first-order valence-corrected chi connectivity index (χ1v) is 4.77. The first-order chi connectivity index (χ1) is 6.34. The lowest BCUT2D eigenvalue weighted by Crippen LogP contribution is -2.01. The van der Waals surface area contributed by atoms with E-state index in [4.69, 9.17) is 5.73 Å². The third-order valence-corrected chi connectivity index (χ3v) is 2.12. The summed E-state index contributed by atoms with van der Waals surface area (Å²) < 4.78 is 0. The molecule has 0 fully saturated rings. The molecule has 1 atom stereocenters. The van der Waals surface area contributed by atoms with Gasteiger partial charge < -0.3 is 10.8 Å². The standard InChI is InChI=1S/C11H17NO/c12-9-5-4-8-11(13)10-6-2-1-3-7-10/h1-3,6-7,11,13H,4-5,8-9,12H2. The summed E-state index contributed by atoms with van der Waals surface area (Å²) in [6.45, 7) is 0.710. The molecule has 72 valence electrons. The van der Waals surface area contributed by atoms with Crippen LogP contribution in [0.5, 0.6) is 0 Å². The van der Waals surface area contributed by atoms with Gasteiger partial charge in [-0.15, -0.1) is 0 Å². The lowest BCUT2D eigenvalue weighted by Gasteiger charge is -2.09. The predicted molar refractivity (Wildman–Crippen MR) is 54.3 cm³/mol. The number of unbranched alkanes of at least 4 members (excludes halogenated alkanes) is 1. The molecule has 1 aromatic rings. The van der Waals surface area contributed by atoms with E-state index >= 15 is 0 Å². The van der Waals surface area contributed by atoms with Crippen molar-refractivity contribution in [2.24, 2.45) is 5.73 Å². The van der Waals surface area contributed by atoms with Crippen molar-refractivity contribution in [2.75, 3.05) is 6.54 Å². The SMILES string of the molecule is NCCCCC(O)c1ccccc1. The number of hydrogen-bond donors (Lipinski definition) is 2. The van der Waals surface area contributed by atoms with E-state index in [9.17, 15) is 5.11 Å². The van der Waals surface area contributed by atoms with Gasteiger partial charge in [0.05, 0.1) is 6.10 Å². The Morgan fingerprint density at radius 1 is 1.15 bits per heavy atom. The molecule has 0 aromatic heterocycles. The van der Waals surface area contributed by atoms with Crippen LogP contribution >= 0.6 is 0 Å². The molecule has 0 spiro atoms. The third kappa shape index (κ3) is 3.57. The molecule has 1 rings (SSSR count). The molecule has 13 heavy (non-hydrogen) atoms. The summed E-state index contributed by atoms with van der Waals surface area (Å²) in [6.07, 6.45) is 2.46. The topological polar surface area (TPSA) is 46.2 Å². The van der Waals surface area contributed by atoms with Crippen LogP contribution in [-0.4, -0.2) is 11.7 Å². The smallest absolute Gasteiger partial charge is 0.0790 e. The molecular formula is C11H17NO. The molecule has 0 saturated heterocycles. The van der Waals surface area contributed by atoms with Gasteiger partial charge in [0.25, 0.3) is 0 Å². The Hall–Kier alpha value is -0.860. The van der Waals surface area contributed by atoms with Crippen LogP contribution in [0.15, 0.2) is 30.3 Å². The second kappa shape index (κ2) is 5.73. The Morgan fingerprint density at radius 3 is 2.46 bits per heavy atom. The van der Waals surface area contributed by atoms with E-state index in [1.54, 1.807) is 0 Å². The minimum atomic E-state index is -0.326. The second-order valence-corrected chi connectivity index (χ2v) is 3.21. The van der Waals surface area contributed by atoms with Gasteiger partial charge in [-0.05, 0) is 31.4 Å². The van der Waals surface area contributed by atoms with Gasteiger partial charge in [0.2, 0.25) is 0 Å². The van der Waals surface area contributed by atoms with Crippen molar-refractivity contribution in [3.8, 4) is 0 Å². The normalized spacial score (nSPS) is 12.8. The highest BCUT2D eigenvalue weighted by molar-refractivity contribution is 5.16. The van der Waals surface area contributed by atoms with Crippen molar-refractivity contribution in [3.63, 3.8) is 0 Å². The zero-order chi connectivity index (χ0) is 9.52. The summed E-state index contributed by atoms with van der Waals surface area (Å²) >= 11 is 0. The van der Waals surface area contributed by atoms with Crippen LogP contribution in [0.4, 0.5) is 0 Å². The third-order valence-electron chi connectivity index (χ3n) is 2.12. The second-order valence-electron chi connectivity index (χ2n) is 3.21. The molecule has 0 heterocycles. The zero-order valence-electron chi connectivity index (χ0n) is 7.82. The molecule has 2 heteroatoms. The molecule has 0 bridgehead atoms. The highest BCUT2D eigenvalue weighted by atomic mass is 16.3. The largest absolute Gasteiger partial charge is 0.388 e. The molecule has 1 aromatic carbocycles. The Labute approximate surface area is 79.4 Å². The van der Waals surface area contributed by atoms with E-state index in [1.807, 2.05) is 30.3 Å². The van der Waals surface area contributed by atoms with E-state index in [2.05, 4.69) is 0 Å². The Morgan fingerprint density at radius 2 is 1.85 bits per heavy atom. The number of rotatable bonds is 5. The fourth-order valence-electron chi connectivity index (χ4n) is 1.32. The summed E-state index contributed by atoms with van der Waals surface area (Å²) in [4.78, 5) is 0. The molecular weight excluding hydrogens is 162 g/mol. The van der Waals surface area contributed by atoms with Gasteiger partial charge in [-0.2, -0.15) is 0 Å². The maximum atomic E-state index is 9.71. The molecule has 1 unspecified atom stereocenters. The van der Waals surface area contributed by atoms with Gasteiger partial charge in [-0.3, -0.25) is 0 Å². The lowest BCUT2D eigenvalue weighted by atomic mass is 10.0. The summed E-state index contributed by atoms with van der Waals surface area (Å²) in [6, 6.07) is 9.75. The van der Waals surface area contributed by atoms with E-state index in [0.717, 1.165) is 24.8 Å². The van der Waals surface area contributed by atoms with Gasteiger partial charge >= 0.3 is 0 Å². The van der Waals surface area contributed by atoms with E-state index in [-0.39, 0.29) is 6.10 Å². The maximum absolute atomic E-state index is 9.71. The monoisotopic (exact) mass is 179 g/mol. The summed E-state index contributed by atoms with van der Waals surface area (Å²) in [5, 5.41) is 9.71. The summed E-state index contributed by atoms with van der Waals surface area (Å²) in [5.74, 6) is 0. The van der Waals surface area contributed by atoms with Gasteiger partial charge in [0.15, 0.2) is 0 Å². The van der Waals surface area contributed by atoms with Crippen molar-refractivity contribution in [2.45, 2.75) is 25.4 Å². The number of nitrogens with two attached hydrogens (primary N) is 1. The minimum absolute atomic E-state index is 0.326. The minimum Gasteiger partial charge on any atom is -0.388 e. The molecule has 0 amide bonds. The van der Waals surface area contributed by atoms with Crippen LogP contribution < -0.4 is 5.73 Å². The highest BCUT2D eigenvalue weighted by Gasteiger charge is 2.04. The Bertz CT molecular complexity index is 223. The summed E-state index contributed by atoms with van der Waals surface area (Å²) in [7, 11) is 0. The molecule has 0 saturated carbocycles. The fourth-order valence-corrected chi connectivity index (χ4v) is 1.32. The molecule has 2 nitrogen and oxygen atoms in total. The van der Waals surface area contributed by atoms with Crippen LogP contribution in [0, 0.1) is 0 Å². The lowest BCUT2D eigenvalue weighted by molar-refractivity contribution is 0.164. The number of hydrogen-bond acceptors (Lipinski definition) is 2. The Kier molecular flexibility index (Phi) is 4.50.